The normalized spacial score (nSPS) is 10.8. The molecule has 0 aliphatic heterocycles. The van der Waals surface area contributed by atoms with Gasteiger partial charge < -0.3 is 4.74 Å². The zero-order valence-corrected chi connectivity index (χ0v) is 17.4. The average molecular weight is 468 g/mol. The number of nitrogens with zero attached hydrogens (tertiary/aromatic N) is 2. The minimum atomic E-state index is -0.861. The second kappa shape index (κ2) is 9.78. The zero-order valence-electron chi connectivity index (χ0n) is 15.0. The van der Waals surface area contributed by atoms with Gasteiger partial charge in [-0.2, -0.15) is 5.26 Å². The van der Waals surface area contributed by atoms with Crippen LogP contribution in [0.25, 0.3) is 17.3 Å². The number of halogens is 1. The first-order valence-corrected chi connectivity index (χ1v) is 10.1. The number of hydrogen-bond acceptors (Lipinski definition) is 6. The van der Waals surface area contributed by atoms with Crippen molar-refractivity contribution in [3.8, 4) is 17.3 Å². The summed E-state index contributed by atoms with van der Waals surface area (Å²) in [6.07, 6.45) is 1.41. The van der Waals surface area contributed by atoms with E-state index in [0.29, 0.717) is 10.7 Å². The van der Waals surface area contributed by atoms with Gasteiger partial charge in [-0.05, 0) is 23.8 Å². The van der Waals surface area contributed by atoms with Crippen LogP contribution in [0.5, 0.6) is 0 Å². The van der Waals surface area contributed by atoms with Gasteiger partial charge in [0.25, 0.3) is 5.91 Å². The molecule has 0 spiro atoms. The molecule has 0 aliphatic rings. The molecule has 3 aromatic rings. The first kappa shape index (κ1) is 20.5. The lowest BCUT2D eigenvalue weighted by Crippen LogP contribution is -2.21. The van der Waals surface area contributed by atoms with Gasteiger partial charge >= 0.3 is 5.97 Å². The van der Waals surface area contributed by atoms with E-state index < -0.39 is 18.5 Å². The maximum absolute atomic E-state index is 12.1. The Morgan fingerprint density at radius 1 is 1.21 bits per heavy atom. The fourth-order valence-corrected chi connectivity index (χ4v) is 3.46. The molecule has 0 bridgehead atoms. The number of carbonyl (C=O) groups is 2. The predicted octanol–water partition coefficient (Wildman–Crippen LogP) is 4.66. The molecule has 1 N–H and O–H groups in total. The van der Waals surface area contributed by atoms with E-state index in [1.54, 1.807) is 30.3 Å². The lowest BCUT2D eigenvalue weighted by molar-refractivity contribution is -0.142. The van der Waals surface area contributed by atoms with Crippen molar-refractivity contribution in [2.75, 3.05) is 11.9 Å². The highest BCUT2D eigenvalue weighted by atomic mass is 79.9. The van der Waals surface area contributed by atoms with Crippen LogP contribution in [0.15, 0.2) is 70.0 Å². The van der Waals surface area contributed by atoms with Gasteiger partial charge in [-0.25, -0.2) is 9.78 Å². The summed E-state index contributed by atoms with van der Waals surface area (Å²) in [5, 5.41) is 14.0. The van der Waals surface area contributed by atoms with Crippen LogP contribution >= 0.6 is 27.3 Å². The Morgan fingerprint density at radius 2 is 2.00 bits per heavy atom. The van der Waals surface area contributed by atoms with Crippen molar-refractivity contribution >= 4 is 50.4 Å². The van der Waals surface area contributed by atoms with Crippen LogP contribution in [0.4, 0.5) is 5.13 Å². The Labute approximate surface area is 179 Å². The average Bonchev–Trinajstić information content (AvgIpc) is 3.19. The van der Waals surface area contributed by atoms with Crippen LogP contribution in [0.3, 0.4) is 0 Å². The Bertz CT molecular complexity index is 1100. The monoisotopic (exact) mass is 467 g/mol. The van der Waals surface area contributed by atoms with E-state index in [9.17, 15) is 9.59 Å². The summed E-state index contributed by atoms with van der Waals surface area (Å²) in [5.41, 5.74) is 2.14. The van der Waals surface area contributed by atoms with Crippen LogP contribution in [0.1, 0.15) is 5.56 Å². The number of benzene rings is 2. The molecule has 3 rings (SSSR count). The van der Waals surface area contributed by atoms with Gasteiger partial charge in [0.2, 0.25) is 0 Å². The molecule has 0 aliphatic carbocycles. The molecule has 0 saturated carbocycles. The number of anilines is 1. The maximum atomic E-state index is 12.1. The first-order chi connectivity index (χ1) is 14.0. The molecule has 0 saturated heterocycles. The predicted molar refractivity (Wildman–Crippen MR) is 115 cm³/mol. The molecule has 144 valence electrons. The highest BCUT2D eigenvalue weighted by Gasteiger charge is 2.14. The number of ether oxygens (including phenoxy) is 1. The number of aromatic nitrogens is 1. The van der Waals surface area contributed by atoms with Gasteiger partial charge in [-0.3, -0.25) is 10.1 Å². The lowest BCUT2D eigenvalue weighted by atomic mass is 10.1. The summed E-state index contributed by atoms with van der Waals surface area (Å²) in [7, 11) is 0. The summed E-state index contributed by atoms with van der Waals surface area (Å²) in [4.78, 5) is 28.5. The largest absolute Gasteiger partial charge is 0.451 e. The third-order valence-corrected chi connectivity index (χ3v) is 4.91. The Kier molecular flexibility index (Phi) is 6.89. The number of nitrogens with one attached hydrogen (secondary N) is 1. The molecule has 2 aromatic carbocycles. The molecule has 0 unspecified atom stereocenters. The molecular weight excluding hydrogens is 454 g/mol. The molecular formula is C21H14BrN3O3S. The Balaban J connectivity index is 1.57. The lowest BCUT2D eigenvalue weighted by Gasteiger charge is -2.04. The van der Waals surface area contributed by atoms with Crippen molar-refractivity contribution in [2.24, 2.45) is 0 Å². The fraction of sp³-hybridized carbons (Fsp3) is 0.0476. The van der Waals surface area contributed by atoms with Crippen LogP contribution in [0, 0.1) is 11.3 Å². The number of thiazole rings is 1. The van der Waals surface area contributed by atoms with Gasteiger partial charge in [0, 0.05) is 15.4 Å². The number of esters is 1. The molecule has 0 fully saturated rings. The number of rotatable bonds is 6. The highest BCUT2D eigenvalue weighted by Crippen LogP contribution is 2.26. The third-order valence-electron chi connectivity index (χ3n) is 3.66. The number of carbonyl (C=O) groups excluding carboxylic acids is 2. The smallest absolute Gasteiger partial charge is 0.349 e. The van der Waals surface area contributed by atoms with Crippen LogP contribution in [0.2, 0.25) is 0 Å². The number of amides is 1. The fourth-order valence-electron chi connectivity index (χ4n) is 2.33. The highest BCUT2D eigenvalue weighted by molar-refractivity contribution is 9.10. The summed E-state index contributed by atoms with van der Waals surface area (Å²) >= 11 is 4.67. The van der Waals surface area contributed by atoms with E-state index in [4.69, 9.17) is 10.00 Å². The van der Waals surface area contributed by atoms with Crippen LogP contribution in [-0.2, 0) is 14.3 Å². The first-order valence-electron chi connectivity index (χ1n) is 8.40. The van der Waals surface area contributed by atoms with Crippen molar-refractivity contribution in [1.29, 1.82) is 5.26 Å². The molecule has 6 nitrogen and oxygen atoms in total. The molecule has 29 heavy (non-hydrogen) atoms. The second-order valence-corrected chi connectivity index (χ2v) is 7.53. The van der Waals surface area contributed by atoms with Gasteiger partial charge in [0.15, 0.2) is 11.7 Å². The third kappa shape index (κ3) is 5.85. The quantitative estimate of drug-likeness (QED) is 0.323. The molecule has 1 aromatic heterocycles. The van der Waals surface area contributed by atoms with Crippen LogP contribution in [-0.4, -0.2) is 23.5 Å². The van der Waals surface area contributed by atoms with Gasteiger partial charge in [-0.15, -0.1) is 11.3 Å². The van der Waals surface area contributed by atoms with Crippen molar-refractivity contribution in [3.63, 3.8) is 0 Å². The van der Waals surface area contributed by atoms with E-state index in [2.05, 4.69) is 26.2 Å². The molecule has 1 heterocycles. The van der Waals surface area contributed by atoms with Gasteiger partial charge in [0.1, 0.15) is 11.6 Å². The Morgan fingerprint density at radius 3 is 2.72 bits per heavy atom. The van der Waals surface area contributed by atoms with E-state index in [-0.39, 0.29) is 5.57 Å². The zero-order chi connectivity index (χ0) is 20.6. The van der Waals surface area contributed by atoms with Crippen molar-refractivity contribution in [2.45, 2.75) is 0 Å². The Hall–Kier alpha value is -3.28. The molecule has 0 radical (unpaired) electrons. The SMILES string of the molecule is N#CC(=Cc1ccccc1)C(=O)OCC(=O)Nc1nc(-c2cccc(Br)c2)cs1. The van der Waals surface area contributed by atoms with Crippen molar-refractivity contribution in [3.05, 3.63) is 75.6 Å². The molecule has 0 atom stereocenters. The van der Waals surface area contributed by atoms with E-state index in [1.807, 2.05) is 35.7 Å². The van der Waals surface area contributed by atoms with E-state index in [0.717, 1.165) is 15.7 Å². The van der Waals surface area contributed by atoms with E-state index in [1.165, 1.54) is 17.4 Å². The standard InChI is InChI=1S/C21H14BrN3O3S/c22-17-8-4-7-15(10-17)18-13-29-21(24-18)25-19(26)12-28-20(27)16(11-23)9-14-5-2-1-3-6-14/h1-10,13H,12H2,(H,24,25,26). The summed E-state index contributed by atoms with van der Waals surface area (Å²) in [6, 6.07) is 18.3. The topological polar surface area (TPSA) is 92.1 Å². The minimum Gasteiger partial charge on any atom is -0.451 e. The molecule has 1 amide bonds. The van der Waals surface area contributed by atoms with Gasteiger partial charge in [-0.1, -0.05) is 58.4 Å². The minimum absolute atomic E-state index is 0.185. The van der Waals surface area contributed by atoms with Crippen molar-refractivity contribution < 1.29 is 14.3 Å². The number of hydrogen-bond donors (Lipinski definition) is 1. The van der Waals surface area contributed by atoms with E-state index >= 15 is 0 Å². The van der Waals surface area contributed by atoms with Gasteiger partial charge in [0.05, 0.1) is 5.69 Å². The summed E-state index contributed by atoms with van der Waals surface area (Å²) in [6.45, 7) is -0.515. The summed E-state index contributed by atoms with van der Waals surface area (Å²) in [5.74, 6) is -1.40. The van der Waals surface area contributed by atoms with Crippen molar-refractivity contribution in [1.82, 2.24) is 4.98 Å². The van der Waals surface area contributed by atoms with Crippen LogP contribution < -0.4 is 5.32 Å². The molecule has 8 heteroatoms. The maximum Gasteiger partial charge on any atom is 0.349 e. The second-order valence-electron chi connectivity index (χ2n) is 5.75. The number of nitriles is 1. The summed E-state index contributed by atoms with van der Waals surface area (Å²) < 4.78 is 5.87.